The molecule has 98 valence electrons. The number of hydrogen-bond acceptors (Lipinski definition) is 3. The number of fused-ring (bicyclic) bond motifs is 2. The predicted molar refractivity (Wildman–Crippen MR) is 80.9 cm³/mol. The largest absolute Gasteiger partial charge is 0.373 e. The van der Waals surface area contributed by atoms with Crippen LogP contribution in [0.4, 0.5) is 0 Å². The summed E-state index contributed by atoms with van der Waals surface area (Å²) in [5.41, 5.74) is 0.630. The van der Waals surface area contributed by atoms with E-state index in [0.717, 1.165) is 21.4 Å². The van der Waals surface area contributed by atoms with Crippen LogP contribution in [0, 0.1) is 0 Å². The topological polar surface area (TPSA) is 26.3 Å². The van der Waals surface area contributed by atoms with Crippen molar-refractivity contribution in [3.63, 3.8) is 0 Å². The Morgan fingerprint density at radius 1 is 1.42 bits per heavy atom. The SMILES string of the molecule is CCOC1CC=C(Cl)c2c1sc1ccccc1c2=O. The van der Waals surface area contributed by atoms with Gasteiger partial charge in [0.2, 0.25) is 0 Å². The maximum absolute atomic E-state index is 12.6. The van der Waals surface area contributed by atoms with Gasteiger partial charge in [0.15, 0.2) is 5.43 Å². The third-order valence-corrected chi connectivity index (χ3v) is 4.84. The summed E-state index contributed by atoms with van der Waals surface area (Å²) in [5, 5.41) is 1.29. The van der Waals surface area contributed by atoms with Crippen molar-refractivity contribution in [2.45, 2.75) is 19.4 Å². The second kappa shape index (κ2) is 5.08. The van der Waals surface area contributed by atoms with Crippen LogP contribution in [0.15, 0.2) is 35.1 Å². The number of halogens is 1. The van der Waals surface area contributed by atoms with Crippen molar-refractivity contribution in [1.29, 1.82) is 0 Å². The molecule has 0 saturated carbocycles. The van der Waals surface area contributed by atoms with Crippen molar-refractivity contribution in [2.24, 2.45) is 0 Å². The lowest BCUT2D eigenvalue weighted by Gasteiger charge is -2.22. The molecule has 0 amide bonds. The van der Waals surface area contributed by atoms with E-state index in [0.29, 0.717) is 17.2 Å². The fourth-order valence-electron chi connectivity index (χ4n) is 2.38. The van der Waals surface area contributed by atoms with Gasteiger partial charge in [0.25, 0.3) is 0 Å². The number of benzene rings is 1. The quantitative estimate of drug-likeness (QED) is 0.824. The lowest BCUT2D eigenvalue weighted by Crippen LogP contribution is -2.16. The molecule has 0 saturated heterocycles. The van der Waals surface area contributed by atoms with E-state index in [2.05, 4.69) is 0 Å². The van der Waals surface area contributed by atoms with Gasteiger partial charge in [0.05, 0.1) is 11.7 Å². The van der Waals surface area contributed by atoms with Gasteiger partial charge in [-0.15, -0.1) is 11.3 Å². The normalized spacial score (nSPS) is 18.2. The summed E-state index contributed by atoms with van der Waals surface area (Å²) in [7, 11) is 0. The molecule has 1 aromatic heterocycles. The smallest absolute Gasteiger partial charge is 0.197 e. The van der Waals surface area contributed by atoms with Crippen LogP contribution in [-0.2, 0) is 4.74 Å². The first kappa shape index (κ1) is 12.9. The Kier molecular flexibility index (Phi) is 3.44. The molecule has 19 heavy (non-hydrogen) atoms. The fraction of sp³-hybridized carbons (Fsp3) is 0.267. The lowest BCUT2D eigenvalue weighted by molar-refractivity contribution is 0.0662. The van der Waals surface area contributed by atoms with Gasteiger partial charge >= 0.3 is 0 Å². The molecule has 1 aliphatic rings. The summed E-state index contributed by atoms with van der Waals surface area (Å²) < 4.78 is 6.72. The monoisotopic (exact) mass is 292 g/mol. The summed E-state index contributed by atoms with van der Waals surface area (Å²) in [5.74, 6) is 0. The first-order valence-electron chi connectivity index (χ1n) is 6.25. The number of rotatable bonds is 2. The molecular formula is C15H13ClO2S. The lowest BCUT2D eigenvalue weighted by atomic mass is 10.0. The van der Waals surface area contributed by atoms with Gasteiger partial charge < -0.3 is 4.74 Å². The maximum Gasteiger partial charge on any atom is 0.197 e. The molecule has 1 heterocycles. The average molecular weight is 293 g/mol. The Labute approximate surface area is 120 Å². The highest BCUT2D eigenvalue weighted by Crippen LogP contribution is 2.39. The van der Waals surface area contributed by atoms with Crippen molar-refractivity contribution in [2.75, 3.05) is 6.61 Å². The van der Waals surface area contributed by atoms with E-state index < -0.39 is 0 Å². The zero-order valence-corrected chi connectivity index (χ0v) is 12.1. The van der Waals surface area contributed by atoms with E-state index in [1.165, 1.54) is 0 Å². The van der Waals surface area contributed by atoms with Gasteiger partial charge in [-0.2, -0.15) is 0 Å². The Morgan fingerprint density at radius 2 is 2.21 bits per heavy atom. The zero-order valence-electron chi connectivity index (χ0n) is 10.5. The molecule has 2 nitrogen and oxygen atoms in total. The molecule has 1 unspecified atom stereocenters. The summed E-state index contributed by atoms with van der Waals surface area (Å²) in [6.07, 6.45) is 2.56. The van der Waals surface area contributed by atoms with Crippen molar-refractivity contribution < 1.29 is 4.74 Å². The Hall–Kier alpha value is -1.16. The fourth-order valence-corrected chi connectivity index (χ4v) is 3.96. The van der Waals surface area contributed by atoms with Gasteiger partial charge in [0.1, 0.15) is 0 Å². The van der Waals surface area contributed by atoms with Crippen molar-refractivity contribution in [3.05, 3.63) is 51.0 Å². The highest BCUT2D eigenvalue weighted by Gasteiger charge is 2.25. The van der Waals surface area contributed by atoms with Gasteiger partial charge in [-0.3, -0.25) is 4.79 Å². The minimum absolute atomic E-state index is 0.00926. The standard InChI is InChI=1S/C15H13ClO2S/c1-2-18-11-8-7-10(16)13-14(17)9-5-3-4-6-12(9)19-15(11)13/h3-7,11H,2,8H2,1H3. The molecule has 2 aromatic rings. The summed E-state index contributed by atoms with van der Waals surface area (Å²) in [4.78, 5) is 13.5. The van der Waals surface area contributed by atoms with Gasteiger partial charge in [-0.1, -0.05) is 29.8 Å². The van der Waals surface area contributed by atoms with Crippen LogP contribution in [0.3, 0.4) is 0 Å². The van der Waals surface area contributed by atoms with E-state index in [1.807, 2.05) is 37.3 Å². The molecule has 0 N–H and O–H groups in total. The van der Waals surface area contributed by atoms with Crippen molar-refractivity contribution in [3.8, 4) is 0 Å². The minimum Gasteiger partial charge on any atom is -0.373 e. The molecular weight excluding hydrogens is 280 g/mol. The van der Waals surface area contributed by atoms with E-state index in [-0.39, 0.29) is 11.5 Å². The van der Waals surface area contributed by atoms with Crippen LogP contribution in [0.1, 0.15) is 29.9 Å². The minimum atomic E-state index is -0.0511. The van der Waals surface area contributed by atoms with Crippen LogP contribution in [0.2, 0.25) is 0 Å². The molecule has 0 radical (unpaired) electrons. The Bertz CT molecular complexity index is 718. The van der Waals surface area contributed by atoms with Gasteiger partial charge in [0, 0.05) is 26.6 Å². The summed E-state index contributed by atoms with van der Waals surface area (Å²) >= 11 is 7.84. The highest BCUT2D eigenvalue weighted by atomic mass is 35.5. The van der Waals surface area contributed by atoms with Gasteiger partial charge in [-0.25, -0.2) is 0 Å². The zero-order chi connectivity index (χ0) is 13.4. The van der Waals surface area contributed by atoms with Crippen LogP contribution in [0.25, 0.3) is 15.1 Å². The van der Waals surface area contributed by atoms with Crippen LogP contribution < -0.4 is 5.43 Å². The van der Waals surface area contributed by atoms with E-state index in [1.54, 1.807) is 11.3 Å². The van der Waals surface area contributed by atoms with E-state index >= 15 is 0 Å². The van der Waals surface area contributed by atoms with E-state index in [9.17, 15) is 4.79 Å². The molecule has 1 atom stereocenters. The van der Waals surface area contributed by atoms with Crippen molar-refractivity contribution >= 4 is 38.1 Å². The van der Waals surface area contributed by atoms with Crippen LogP contribution in [-0.4, -0.2) is 6.61 Å². The Balaban J connectivity index is 2.32. The highest BCUT2D eigenvalue weighted by molar-refractivity contribution is 7.18. The van der Waals surface area contributed by atoms with Gasteiger partial charge in [-0.05, 0) is 25.5 Å². The molecule has 3 rings (SSSR count). The molecule has 4 heteroatoms. The third-order valence-electron chi connectivity index (χ3n) is 3.24. The molecule has 0 bridgehead atoms. The first-order chi connectivity index (χ1) is 9.22. The molecule has 1 aliphatic carbocycles. The second-order valence-electron chi connectivity index (χ2n) is 4.40. The Morgan fingerprint density at radius 3 is 3.00 bits per heavy atom. The van der Waals surface area contributed by atoms with E-state index in [4.69, 9.17) is 16.3 Å². The summed E-state index contributed by atoms with van der Waals surface area (Å²) in [6.45, 7) is 2.59. The number of hydrogen-bond donors (Lipinski definition) is 0. The summed E-state index contributed by atoms with van der Waals surface area (Å²) in [6, 6.07) is 7.64. The average Bonchev–Trinajstić information content (AvgIpc) is 2.42. The molecule has 1 aromatic carbocycles. The second-order valence-corrected chi connectivity index (χ2v) is 5.89. The molecule has 0 spiro atoms. The van der Waals surface area contributed by atoms with Crippen LogP contribution in [0.5, 0.6) is 0 Å². The maximum atomic E-state index is 12.6. The molecule has 0 fully saturated rings. The number of ether oxygens (including phenoxy) is 1. The van der Waals surface area contributed by atoms with Crippen molar-refractivity contribution in [1.82, 2.24) is 0 Å². The predicted octanol–water partition coefficient (Wildman–Crippen LogP) is 4.32. The molecule has 0 aliphatic heterocycles. The third kappa shape index (κ3) is 2.12. The van der Waals surface area contributed by atoms with Crippen LogP contribution >= 0.6 is 22.9 Å². The first-order valence-corrected chi connectivity index (χ1v) is 7.45.